The van der Waals surface area contributed by atoms with Gasteiger partial charge in [0, 0.05) is 5.59 Å². The van der Waals surface area contributed by atoms with Gasteiger partial charge < -0.3 is 9.84 Å². The highest BCUT2D eigenvalue weighted by atomic mass is 16.5. The molecule has 0 aliphatic rings. The van der Waals surface area contributed by atoms with Gasteiger partial charge in [-0.1, -0.05) is 0 Å². The van der Waals surface area contributed by atoms with Crippen LogP contribution in [0, 0.1) is 0 Å². The lowest BCUT2D eigenvalue weighted by Crippen LogP contribution is -2.16. The summed E-state index contributed by atoms with van der Waals surface area (Å²) in [4.78, 5) is 14.0. The fourth-order valence-electron chi connectivity index (χ4n) is 0.754. The SMILES string of the molecule is [B]c1nc(C(=O)O)ccc1OC. The quantitative estimate of drug-likeness (QED) is 0.601. The maximum absolute atomic E-state index is 10.4. The lowest BCUT2D eigenvalue weighted by Gasteiger charge is -2.03. The zero-order chi connectivity index (χ0) is 9.14. The highest BCUT2D eigenvalue weighted by Crippen LogP contribution is 2.04. The van der Waals surface area contributed by atoms with E-state index in [9.17, 15) is 4.79 Å². The number of hydrogen-bond donors (Lipinski definition) is 1. The number of pyridine rings is 1. The van der Waals surface area contributed by atoms with Gasteiger partial charge in [0.2, 0.25) is 0 Å². The molecule has 1 rings (SSSR count). The van der Waals surface area contributed by atoms with E-state index < -0.39 is 5.97 Å². The van der Waals surface area contributed by atoms with Gasteiger partial charge in [0.25, 0.3) is 0 Å². The van der Waals surface area contributed by atoms with Crippen molar-refractivity contribution in [3.8, 4) is 5.75 Å². The summed E-state index contributed by atoms with van der Waals surface area (Å²) in [5.41, 5.74) is -0.00861. The van der Waals surface area contributed by atoms with E-state index in [-0.39, 0.29) is 11.3 Å². The van der Waals surface area contributed by atoms with Crippen LogP contribution < -0.4 is 10.3 Å². The van der Waals surface area contributed by atoms with E-state index in [0.29, 0.717) is 5.75 Å². The van der Waals surface area contributed by atoms with E-state index in [0.717, 1.165) is 0 Å². The Bertz CT molecular complexity index is 314. The summed E-state index contributed by atoms with van der Waals surface area (Å²) >= 11 is 0. The maximum atomic E-state index is 10.4. The van der Waals surface area contributed by atoms with Crippen molar-refractivity contribution in [2.45, 2.75) is 0 Å². The number of methoxy groups -OCH3 is 1. The van der Waals surface area contributed by atoms with Crippen molar-refractivity contribution in [2.75, 3.05) is 7.11 Å². The standard InChI is InChI=1S/C7H6BNO3/c1-12-5-3-2-4(7(10)11)9-6(5)8/h2-3H,1H3,(H,10,11). The Hall–Kier alpha value is -1.52. The molecule has 0 saturated heterocycles. The third kappa shape index (κ3) is 1.55. The molecule has 1 N–H and O–H groups in total. The molecule has 1 heterocycles. The van der Waals surface area contributed by atoms with Crippen LogP contribution in [0.2, 0.25) is 0 Å². The average Bonchev–Trinajstić information content (AvgIpc) is 2.04. The van der Waals surface area contributed by atoms with Gasteiger partial charge in [0.15, 0.2) is 0 Å². The fourth-order valence-corrected chi connectivity index (χ4v) is 0.754. The van der Waals surface area contributed by atoms with Crippen molar-refractivity contribution in [3.05, 3.63) is 17.8 Å². The van der Waals surface area contributed by atoms with Crippen molar-refractivity contribution in [2.24, 2.45) is 0 Å². The molecule has 0 amide bonds. The Balaban J connectivity index is 3.10. The molecule has 0 aromatic carbocycles. The van der Waals surface area contributed by atoms with Crippen LogP contribution in [-0.4, -0.2) is 31.0 Å². The summed E-state index contributed by atoms with van der Waals surface area (Å²) in [7, 11) is 6.81. The summed E-state index contributed by atoms with van der Waals surface area (Å²) < 4.78 is 4.80. The zero-order valence-electron chi connectivity index (χ0n) is 6.44. The van der Waals surface area contributed by atoms with Gasteiger partial charge in [0.1, 0.15) is 19.3 Å². The van der Waals surface area contributed by atoms with Gasteiger partial charge in [0.05, 0.1) is 7.11 Å². The lowest BCUT2D eigenvalue weighted by atomic mass is 10.0. The van der Waals surface area contributed by atoms with Gasteiger partial charge in [-0.15, -0.1) is 0 Å². The van der Waals surface area contributed by atoms with Crippen LogP contribution in [-0.2, 0) is 0 Å². The van der Waals surface area contributed by atoms with Gasteiger partial charge in [-0.3, -0.25) is 4.98 Å². The summed E-state index contributed by atoms with van der Waals surface area (Å²) in [6.07, 6.45) is 0. The van der Waals surface area contributed by atoms with Crippen molar-refractivity contribution in [1.82, 2.24) is 4.98 Å². The van der Waals surface area contributed by atoms with Crippen LogP contribution in [0.4, 0.5) is 0 Å². The minimum absolute atomic E-state index is 0.0809. The zero-order valence-corrected chi connectivity index (χ0v) is 6.44. The summed E-state index contributed by atoms with van der Waals surface area (Å²) in [5, 5.41) is 8.51. The first-order valence-electron chi connectivity index (χ1n) is 3.19. The second-order valence-electron chi connectivity index (χ2n) is 2.09. The number of carbonyl (C=O) groups is 1. The van der Waals surface area contributed by atoms with E-state index in [1.165, 1.54) is 19.2 Å². The van der Waals surface area contributed by atoms with E-state index in [1.54, 1.807) is 0 Å². The molecule has 0 spiro atoms. The first kappa shape index (κ1) is 8.58. The highest BCUT2D eigenvalue weighted by molar-refractivity contribution is 6.32. The molecular formula is C7H6BNO3. The number of nitrogens with zero attached hydrogens (tertiary/aromatic N) is 1. The summed E-state index contributed by atoms with van der Waals surface area (Å²) in [5.74, 6) is -0.732. The molecule has 0 unspecified atom stereocenters. The third-order valence-corrected chi connectivity index (χ3v) is 1.32. The largest absolute Gasteiger partial charge is 0.496 e. The van der Waals surface area contributed by atoms with Crippen molar-refractivity contribution < 1.29 is 14.6 Å². The number of rotatable bonds is 2. The molecule has 0 atom stereocenters. The highest BCUT2D eigenvalue weighted by Gasteiger charge is 2.06. The van der Waals surface area contributed by atoms with E-state index in [1.807, 2.05) is 0 Å². The Morgan fingerprint density at radius 3 is 2.75 bits per heavy atom. The molecule has 4 nitrogen and oxygen atoms in total. The van der Waals surface area contributed by atoms with Gasteiger partial charge in [-0.05, 0) is 12.1 Å². The molecule has 2 radical (unpaired) electrons. The smallest absolute Gasteiger partial charge is 0.354 e. The van der Waals surface area contributed by atoms with Crippen molar-refractivity contribution in [3.63, 3.8) is 0 Å². The van der Waals surface area contributed by atoms with Gasteiger partial charge >= 0.3 is 5.97 Å². The maximum Gasteiger partial charge on any atom is 0.354 e. The van der Waals surface area contributed by atoms with Crippen LogP contribution in [0.1, 0.15) is 10.5 Å². The van der Waals surface area contributed by atoms with Crippen LogP contribution >= 0.6 is 0 Å². The number of carboxylic acid groups (broad SMARTS) is 1. The topological polar surface area (TPSA) is 59.4 Å². The van der Waals surface area contributed by atoms with E-state index in [2.05, 4.69) is 4.98 Å². The van der Waals surface area contributed by atoms with Crippen LogP contribution in [0.25, 0.3) is 0 Å². The third-order valence-electron chi connectivity index (χ3n) is 1.32. The molecule has 1 aromatic heterocycles. The molecule has 0 aliphatic carbocycles. The van der Waals surface area contributed by atoms with E-state index in [4.69, 9.17) is 17.7 Å². The molecule has 5 heteroatoms. The molecule has 1 aromatic rings. The molecule has 0 aliphatic heterocycles. The van der Waals surface area contributed by atoms with Crippen LogP contribution in [0.5, 0.6) is 5.75 Å². The average molecular weight is 163 g/mol. The van der Waals surface area contributed by atoms with Crippen LogP contribution in [0.3, 0.4) is 0 Å². The molecule has 12 heavy (non-hydrogen) atoms. The Morgan fingerprint density at radius 2 is 2.33 bits per heavy atom. The predicted octanol–water partition coefficient (Wildman–Crippen LogP) is -0.418. The second-order valence-corrected chi connectivity index (χ2v) is 2.09. The molecule has 0 bridgehead atoms. The molecule has 0 fully saturated rings. The first-order valence-corrected chi connectivity index (χ1v) is 3.19. The second kappa shape index (κ2) is 3.25. The number of aromatic nitrogens is 1. The van der Waals surface area contributed by atoms with Crippen molar-refractivity contribution >= 4 is 19.4 Å². The molecule has 0 saturated carbocycles. The van der Waals surface area contributed by atoms with Gasteiger partial charge in [-0.25, -0.2) is 4.79 Å². The molecule has 60 valence electrons. The number of carboxylic acids is 1. The predicted molar refractivity (Wildman–Crippen MR) is 43.1 cm³/mol. The fraction of sp³-hybridized carbons (Fsp3) is 0.143. The summed E-state index contributed by atoms with van der Waals surface area (Å²) in [6.45, 7) is 0. The Morgan fingerprint density at radius 1 is 1.67 bits per heavy atom. The molecular weight excluding hydrogens is 157 g/mol. The lowest BCUT2D eigenvalue weighted by molar-refractivity contribution is 0.0690. The van der Waals surface area contributed by atoms with Gasteiger partial charge in [-0.2, -0.15) is 0 Å². The Labute approximate surface area is 70.6 Å². The minimum atomic E-state index is -1.11. The monoisotopic (exact) mass is 163 g/mol. The minimum Gasteiger partial charge on any atom is -0.496 e. The first-order chi connectivity index (χ1) is 5.65. The normalized spacial score (nSPS) is 9.42. The van der Waals surface area contributed by atoms with Crippen molar-refractivity contribution in [1.29, 1.82) is 0 Å². The summed E-state index contributed by atoms with van der Waals surface area (Å²) in [6, 6.07) is 2.79. The Kier molecular flexibility index (Phi) is 2.33. The number of ether oxygens (including phenoxy) is 1. The van der Waals surface area contributed by atoms with E-state index >= 15 is 0 Å². The van der Waals surface area contributed by atoms with Crippen LogP contribution in [0.15, 0.2) is 12.1 Å². The number of hydrogen-bond acceptors (Lipinski definition) is 3. The number of aromatic carboxylic acids is 1.